The third-order valence-corrected chi connectivity index (χ3v) is 8.92. The van der Waals surface area contributed by atoms with Crippen LogP contribution in [0.1, 0.15) is 88.7 Å². The maximum atomic E-state index is 14.1. The highest BCUT2D eigenvalue weighted by molar-refractivity contribution is 5.71. The Morgan fingerprint density at radius 3 is 2.55 bits per heavy atom. The molecule has 6 nitrogen and oxygen atoms in total. The van der Waals surface area contributed by atoms with Crippen LogP contribution < -0.4 is 16.2 Å². The highest BCUT2D eigenvalue weighted by Gasteiger charge is 2.20. The van der Waals surface area contributed by atoms with Gasteiger partial charge >= 0.3 is 0 Å². The Bertz CT molecular complexity index is 1690. The van der Waals surface area contributed by atoms with E-state index in [9.17, 15) is 9.18 Å². The summed E-state index contributed by atoms with van der Waals surface area (Å²) in [5.74, 6) is 1.29. The third kappa shape index (κ3) is 9.74. The maximum absolute atomic E-state index is 14.1. The van der Waals surface area contributed by atoms with E-state index in [1.807, 2.05) is 37.5 Å². The lowest BCUT2D eigenvalue weighted by Gasteiger charge is -2.25. The molecule has 4 rings (SSSR count). The van der Waals surface area contributed by atoms with E-state index < -0.39 is 0 Å². The Morgan fingerprint density at radius 1 is 1.13 bits per heavy atom. The summed E-state index contributed by atoms with van der Waals surface area (Å²) in [6, 6.07) is 8.68. The minimum absolute atomic E-state index is 0.126. The highest BCUT2D eigenvalue weighted by atomic mass is 19.1. The second-order valence-electron chi connectivity index (χ2n) is 12.7. The Morgan fingerprint density at radius 2 is 1.89 bits per heavy atom. The molecule has 3 aromatic rings. The lowest BCUT2D eigenvalue weighted by molar-refractivity contribution is 0.534. The average Bonchev–Trinajstić information content (AvgIpc) is 3.04. The smallest absolute Gasteiger partial charge is 0.277 e. The van der Waals surface area contributed by atoms with Gasteiger partial charge in [0.15, 0.2) is 0 Å². The van der Waals surface area contributed by atoms with E-state index in [0.29, 0.717) is 43.0 Å². The van der Waals surface area contributed by atoms with Crippen LogP contribution in [0.15, 0.2) is 101 Å². The molecule has 2 heterocycles. The Hall–Kier alpha value is -4.52. The van der Waals surface area contributed by atoms with Crippen LogP contribution >= 0.6 is 0 Å². The average molecular weight is 636 g/mol. The van der Waals surface area contributed by atoms with Gasteiger partial charge in [-0.2, -0.15) is 0 Å². The van der Waals surface area contributed by atoms with Crippen molar-refractivity contribution in [1.82, 2.24) is 19.9 Å². The van der Waals surface area contributed by atoms with Gasteiger partial charge in [-0.15, -0.1) is 0 Å². The van der Waals surface area contributed by atoms with Crippen molar-refractivity contribution in [3.63, 3.8) is 0 Å². The quantitative estimate of drug-likeness (QED) is 0.122. The molecule has 47 heavy (non-hydrogen) atoms. The predicted molar refractivity (Wildman–Crippen MR) is 195 cm³/mol. The molecular weight excluding hydrogens is 585 g/mol. The summed E-state index contributed by atoms with van der Waals surface area (Å²) >= 11 is 0. The molecule has 2 N–H and O–H groups in total. The zero-order chi connectivity index (χ0) is 33.8. The van der Waals surface area contributed by atoms with Crippen molar-refractivity contribution >= 4 is 17.3 Å². The SMILES string of the molecule is C=C/C(=C\C=C/C)c1ncc(NCCCc2ccc(F)cc2)c(=O)n1CC(NC/C(C)=C/c1cnccc1C(C)C(C)C)=C1CCC1. The predicted octanol–water partition coefficient (Wildman–Crippen LogP) is 8.86. The molecule has 0 saturated heterocycles. The van der Waals surface area contributed by atoms with E-state index in [0.717, 1.165) is 54.5 Å². The third-order valence-electron chi connectivity index (χ3n) is 8.92. The second kappa shape index (κ2) is 17.4. The minimum atomic E-state index is -0.239. The molecule has 2 aromatic heterocycles. The van der Waals surface area contributed by atoms with Gasteiger partial charge in [0.25, 0.3) is 5.56 Å². The van der Waals surface area contributed by atoms with Gasteiger partial charge < -0.3 is 10.6 Å². The first-order valence-electron chi connectivity index (χ1n) is 16.8. The van der Waals surface area contributed by atoms with Crippen molar-refractivity contribution in [1.29, 1.82) is 0 Å². The molecule has 1 atom stereocenters. The Labute approximate surface area is 280 Å². The fourth-order valence-electron chi connectivity index (χ4n) is 5.57. The Balaban J connectivity index is 1.58. The van der Waals surface area contributed by atoms with Crippen LogP contribution in [0.25, 0.3) is 11.6 Å². The molecule has 1 saturated carbocycles. The standard InChI is InChI=1S/C40H50FN5O/c1-7-9-13-32(8-2)39-45-26-37(43-21-11-12-31-16-18-35(41)19-17-31)40(47)46(39)27-38(33-14-10-15-33)44-24-29(5)23-34-25-42-22-20-36(34)30(6)28(3)4/h7-9,13,16-20,22-23,25-26,28,30,43-44H,2,10-12,14-15,21,24,27H2,1,3-6H3/b9-7-,29-23+,32-13+. The summed E-state index contributed by atoms with van der Waals surface area (Å²) in [6.07, 6.45) is 20.0. The number of hydrogen-bond acceptors (Lipinski definition) is 5. The molecule has 0 amide bonds. The summed E-state index contributed by atoms with van der Waals surface area (Å²) in [4.78, 5) is 23.2. The van der Waals surface area contributed by atoms with Gasteiger partial charge in [0.2, 0.25) is 0 Å². The molecule has 0 spiro atoms. The number of anilines is 1. The van der Waals surface area contributed by atoms with Crippen LogP contribution in [0.5, 0.6) is 0 Å². The Kier molecular flexibility index (Phi) is 13.1. The van der Waals surface area contributed by atoms with Crippen molar-refractivity contribution in [2.24, 2.45) is 5.92 Å². The van der Waals surface area contributed by atoms with Gasteiger partial charge in [-0.3, -0.25) is 14.3 Å². The number of allylic oxidation sites excluding steroid dienone is 7. The number of aryl methyl sites for hydroxylation is 1. The van der Waals surface area contributed by atoms with Crippen molar-refractivity contribution in [3.05, 3.63) is 135 Å². The number of nitrogens with zero attached hydrogens (tertiary/aromatic N) is 3. The maximum Gasteiger partial charge on any atom is 0.277 e. The van der Waals surface area contributed by atoms with Crippen molar-refractivity contribution in [3.8, 4) is 0 Å². The molecule has 248 valence electrons. The lowest BCUT2D eigenvalue weighted by atomic mass is 9.87. The first-order valence-corrected chi connectivity index (χ1v) is 16.8. The van der Waals surface area contributed by atoms with E-state index in [4.69, 9.17) is 4.98 Å². The number of halogens is 1. The number of aromatic nitrogens is 3. The molecule has 1 aliphatic rings. The molecule has 1 unspecified atom stereocenters. The summed E-state index contributed by atoms with van der Waals surface area (Å²) in [5, 5.41) is 7.02. The molecular formula is C40H50FN5O. The van der Waals surface area contributed by atoms with Crippen LogP contribution in [-0.2, 0) is 13.0 Å². The van der Waals surface area contributed by atoms with Crippen LogP contribution in [0.4, 0.5) is 10.1 Å². The molecule has 0 aliphatic heterocycles. The number of benzene rings is 1. The van der Waals surface area contributed by atoms with Crippen LogP contribution in [0.3, 0.4) is 0 Å². The van der Waals surface area contributed by atoms with Crippen LogP contribution in [0, 0.1) is 11.7 Å². The number of hydrogen-bond donors (Lipinski definition) is 2. The number of nitrogens with one attached hydrogen (secondary N) is 2. The molecule has 0 bridgehead atoms. The minimum Gasteiger partial charge on any atom is -0.383 e. The first kappa shape index (κ1) is 35.3. The molecule has 1 aromatic carbocycles. The van der Waals surface area contributed by atoms with E-state index in [2.05, 4.69) is 62.0 Å². The monoisotopic (exact) mass is 635 g/mol. The van der Waals surface area contributed by atoms with Gasteiger partial charge in [-0.25, -0.2) is 9.37 Å². The summed E-state index contributed by atoms with van der Waals surface area (Å²) in [5.41, 5.74) is 8.23. The zero-order valence-corrected chi connectivity index (χ0v) is 28.7. The van der Waals surface area contributed by atoms with E-state index in [-0.39, 0.29) is 11.4 Å². The van der Waals surface area contributed by atoms with Gasteiger partial charge in [0.1, 0.15) is 17.3 Å². The first-order chi connectivity index (χ1) is 22.7. The fourth-order valence-corrected chi connectivity index (χ4v) is 5.57. The van der Waals surface area contributed by atoms with Crippen LogP contribution in [0.2, 0.25) is 0 Å². The van der Waals surface area contributed by atoms with Gasteiger partial charge in [0, 0.05) is 36.8 Å². The number of pyridine rings is 1. The normalized spacial score (nSPS) is 14.3. The molecule has 0 radical (unpaired) electrons. The van der Waals surface area contributed by atoms with E-state index >= 15 is 0 Å². The van der Waals surface area contributed by atoms with Gasteiger partial charge in [0.05, 0.1) is 12.7 Å². The largest absolute Gasteiger partial charge is 0.383 e. The molecule has 7 heteroatoms. The fraction of sp³-hybridized carbons (Fsp3) is 0.375. The topological polar surface area (TPSA) is 71.8 Å². The van der Waals surface area contributed by atoms with Crippen molar-refractivity contribution in [2.45, 2.75) is 79.2 Å². The number of rotatable bonds is 16. The lowest BCUT2D eigenvalue weighted by Crippen LogP contribution is -2.32. The van der Waals surface area contributed by atoms with Crippen LogP contribution in [-0.4, -0.2) is 27.6 Å². The molecule has 1 fully saturated rings. The van der Waals surface area contributed by atoms with Gasteiger partial charge in [-0.1, -0.05) is 75.4 Å². The highest BCUT2D eigenvalue weighted by Crippen LogP contribution is 2.30. The van der Waals surface area contributed by atoms with E-state index in [1.165, 1.54) is 28.8 Å². The summed E-state index contributed by atoms with van der Waals surface area (Å²) in [6.45, 7) is 16.5. The van der Waals surface area contributed by atoms with Crippen molar-refractivity contribution in [2.75, 3.05) is 18.4 Å². The van der Waals surface area contributed by atoms with E-state index in [1.54, 1.807) is 29.0 Å². The molecule has 1 aliphatic carbocycles. The second-order valence-corrected chi connectivity index (χ2v) is 12.7. The summed E-state index contributed by atoms with van der Waals surface area (Å²) in [7, 11) is 0. The zero-order valence-electron chi connectivity index (χ0n) is 28.7. The van der Waals surface area contributed by atoms with Gasteiger partial charge in [-0.05, 0) is 98.2 Å². The summed E-state index contributed by atoms with van der Waals surface area (Å²) < 4.78 is 15.0. The van der Waals surface area contributed by atoms with Crippen molar-refractivity contribution < 1.29 is 4.39 Å².